The molecule has 10 heteroatoms. The van der Waals surface area contributed by atoms with Crippen molar-refractivity contribution in [3.8, 4) is 34.7 Å². The molecule has 0 saturated carbocycles. The highest BCUT2D eigenvalue weighted by Crippen LogP contribution is 2.25. The molecule has 5 aromatic rings. The minimum atomic E-state index is -0.741. The lowest BCUT2D eigenvalue weighted by Crippen LogP contribution is -2.06. The highest BCUT2D eigenvalue weighted by Gasteiger charge is 2.18. The normalized spacial score (nSPS) is 10.6. The van der Waals surface area contributed by atoms with Crippen LogP contribution < -0.4 is 0 Å². The molecule has 5 rings (SSSR count). The molecule has 0 N–H and O–H groups in total. The molecule has 0 aliphatic carbocycles. The smallest absolute Gasteiger partial charge is 0.339 e. The van der Waals surface area contributed by atoms with Gasteiger partial charge in [0.15, 0.2) is 17.3 Å². The molecule has 37 heavy (non-hydrogen) atoms. The third kappa shape index (κ3) is 4.97. The molecule has 2 aromatic carbocycles. The molecule has 0 aliphatic rings. The predicted octanol–water partition coefficient (Wildman–Crippen LogP) is 4.51. The molecule has 0 aliphatic heterocycles. The van der Waals surface area contributed by atoms with Crippen LogP contribution in [-0.4, -0.2) is 38.0 Å². The first-order valence-corrected chi connectivity index (χ1v) is 11.0. The van der Waals surface area contributed by atoms with Crippen molar-refractivity contribution in [2.24, 2.45) is 0 Å². The molecule has 0 atom stereocenters. The first-order chi connectivity index (χ1) is 18.0. The maximum Gasteiger partial charge on any atom is 0.339 e. The molecule has 0 unspecified atom stereocenters. The van der Waals surface area contributed by atoms with Crippen molar-refractivity contribution in [2.75, 3.05) is 7.11 Å². The number of nitrogens with zero attached hydrogens (tertiary/aromatic N) is 5. The zero-order valence-corrected chi connectivity index (χ0v) is 19.4. The standard InChI is InChI=1S/C27H17F2N5O3/c1-36-27(35)19-8-4-2-6-17(19)10-11-22-21(29)15-30-26(31-22)24-14-25(23-12-13-37-33-23)34(32-24)16-18-7-3-5-9-20(18)28/h2-9,12-15H,16H2,1H3. The zero-order valence-electron chi connectivity index (χ0n) is 19.4. The van der Waals surface area contributed by atoms with Crippen molar-refractivity contribution >= 4 is 5.97 Å². The summed E-state index contributed by atoms with van der Waals surface area (Å²) in [4.78, 5) is 20.3. The number of carbonyl (C=O) groups excluding carboxylic acids is 1. The highest BCUT2D eigenvalue weighted by molar-refractivity contribution is 5.92. The van der Waals surface area contributed by atoms with E-state index in [2.05, 4.69) is 32.1 Å². The fraction of sp³-hybridized carbons (Fsp3) is 0.0741. The van der Waals surface area contributed by atoms with Crippen LogP contribution in [0.15, 0.2) is 77.6 Å². The molecule has 0 bridgehead atoms. The second kappa shape index (κ2) is 10.2. The molecule has 0 radical (unpaired) electrons. The maximum atomic E-state index is 14.5. The van der Waals surface area contributed by atoms with Crippen LogP contribution in [0.5, 0.6) is 0 Å². The maximum absolute atomic E-state index is 14.5. The van der Waals surface area contributed by atoms with Gasteiger partial charge in [-0.3, -0.25) is 4.68 Å². The summed E-state index contributed by atoms with van der Waals surface area (Å²) >= 11 is 0. The number of methoxy groups -OCH3 is 1. The van der Waals surface area contributed by atoms with Gasteiger partial charge in [0, 0.05) is 17.2 Å². The Morgan fingerprint density at radius 1 is 1.03 bits per heavy atom. The van der Waals surface area contributed by atoms with Gasteiger partial charge in [-0.25, -0.2) is 23.5 Å². The molecule has 0 spiro atoms. The lowest BCUT2D eigenvalue weighted by atomic mass is 10.1. The van der Waals surface area contributed by atoms with E-state index in [0.29, 0.717) is 28.2 Å². The van der Waals surface area contributed by atoms with Gasteiger partial charge in [0.2, 0.25) is 0 Å². The average Bonchev–Trinajstić information content (AvgIpc) is 3.60. The second-order valence-electron chi connectivity index (χ2n) is 7.73. The van der Waals surface area contributed by atoms with Crippen LogP contribution in [0.1, 0.15) is 27.2 Å². The van der Waals surface area contributed by atoms with Gasteiger partial charge in [0.05, 0.1) is 31.1 Å². The predicted molar refractivity (Wildman–Crippen MR) is 128 cm³/mol. The van der Waals surface area contributed by atoms with E-state index in [9.17, 15) is 13.6 Å². The van der Waals surface area contributed by atoms with E-state index in [1.807, 2.05) is 0 Å². The van der Waals surface area contributed by atoms with Crippen molar-refractivity contribution in [1.29, 1.82) is 0 Å². The van der Waals surface area contributed by atoms with Crippen LogP contribution in [0.2, 0.25) is 0 Å². The van der Waals surface area contributed by atoms with Gasteiger partial charge in [-0.05, 0) is 30.2 Å². The van der Waals surface area contributed by atoms with Crippen LogP contribution in [0, 0.1) is 23.5 Å². The molecule has 0 saturated heterocycles. The van der Waals surface area contributed by atoms with Crippen molar-refractivity contribution in [1.82, 2.24) is 24.9 Å². The van der Waals surface area contributed by atoms with Gasteiger partial charge in [-0.2, -0.15) is 5.10 Å². The second-order valence-corrected chi connectivity index (χ2v) is 7.73. The molecule has 3 aromatic heterocycles. The van der Waals surface area contributed by atoms with Crippen molar-refractivity contribution in [3.05, 3.63) is 107 Å². The summed E-state index contributed by atoms with van der Waals surface area (Å²) in [5, 5.41) is 8.47. The van der Waals surface area contributed by atoms with Crippen molar-refractivity contribution in [2.45, 2.75) is 6.54 Å². The number of rotatable bonds is 5. The summed E-state index contributed by atoms with van der Waals surface area (Å²) in [6, 6.07) is 16.2. The lowest BCUT2D eigenvalue weighted by Gasteiger charge is -2.06. The Kier molecular flexibility index (Phi) is 6.50. The Balaban J connectivity index is 1.54. The van der Waals surface area contributed by atoms with E-state index in [1.54, 1.807) is 54.6 Å². The first kappa shape index (κ1) is 23.6. The molecule has 0 fully saturated rings. The zero-order chi connectivity index (χ0) is 25.8. The Morgan fingerprint density at radius 3 is 2.62 bits per heavy atom. The number of halogens is 2. The number of esters is 1. The molecular formula is C27H17F2N5O3. The summed E-state index contributed by atoms with van der Waals surface area (Å²) in [6.45, 7) is 0.104. The van der Waals surface area contributed by atoms with Gasteiger partial charge in [0.25, 0.3) is 0 Å². The van der Waals surface area contributed by atoms with Crippen LogP contribution in [0.4, 0.5) is 8.78 Å². The van der Waals surface area contributed by atoms with E-state index in [-0.39, 0.29) is 29.4 Å². The topological polar surface area (TPSA) is 95.9 Å². The van der Waals surface area contributed by atoms with Crippen LogP contribution in [0.25, 0.3) is 22.9 Å². The van der Waals surface area contributed by atoms with E-state index >= 15 is 0 Å². The number of ether oxygens (including phenoxy) is 1. The molecular weight excluding hydrogens is 480 g/mol. The number of hydrogen-bond acceptors (Lipinski definition) is 7. The monoisotopic (exact) mass is 497 g/mol. The Hall–Kier alpha value is -5.17. The fourth-order valence-corrected chi connectivity index (χ4v) is 3.57. The lowest BCUT2D eigenvalue weighted by molar-refractivity contribution is 0.0600. The third-order valence-corrected chi connectivity index (χ3v) is 5.38. The van der Waals surface area contributed by atoms with Gasteiger partial charge >= 0.3 is 5.97 Å². The molecule has 8 nitrogen and oxygen atoms in total. The number of carbonyl (C=O) groups is 1. The first-order valence-electron chi connectivity index (χ1n) is 11.0. The molecule has 3 heterocycles. The highest BCUT2D eigenvalue weighted by atomic mass is 19.1. The number of benzene rings is 2. The SMILES string of the molecule is COC(=O)c1ccccc1C#Cc1nc(-c2cc(-c3ccon3)n(Cc3ccccc3F)n2)ncc1F. The summed E-state index contributed by atoms with van der Waals surface area (Å²) in [7, 11) is 1.27. The summed E-state index contributed by atoms with van der Waals surface area (Å²) < 4.78 is 40.1. The van der Waals surface area contributed by atoms with Gasteiger partial charge < -0.3 is 9.26 Å². The number of hydrogen-bond donors (Lipinski definition) is 0. The van der Waals surface area contributed by atoms with Crippen LogP contribution in [0.3, 0.4) is 0 Å². The summed E-state index contributed by atoms with van der Waals surface area (Å²) in [5.74, 6) is 3.85. The van der Waals surface area contributed by atoms with E-state index in [0.717, 1.165) is 6.20 Å². The van der Waals surface area contributed by atoms with E-state index in [1.165, 1.54) is 24.1 Å². The Morgan fingerprint density at radius 2 is 1.84 bits per heavy atom. The summed E-state index contributed by atoms with van der Waals surface area (Å²) in [5.41, 5.74) is 2.13. The third-order valence-electron chi connectivity index (χ3n) is 5.38. The van der Waals surface area contributed by atoms with Gasteiger partial charge in [-0.1, -0.05) is 41.4 Å². The molecule has 182 valence electrons. The van der Waals surface area contributed by atoms with Gasteiger partial charge in [0.1, 0.15) is 23.5 Å². The molecule has 0 amide bonds. The van der Waals surface area contributed by atoms with Gasteiger partial charge in [-0.15, -0.1) is 0 Å². The van der Waals surface area contributed by atoms with E-state index < -0.39 is 11.8 Å². The minimum absolute atomic E-state index is 0.101. The van der Waals surface area contributed by atoms with E-state index in [4.69, 9.17) is 9.26 Å². The van der Waals surface area contributed by atoms with Crippen molar-refractivity contribution < 1.29 is 22.8 Å². The minimum Gasteiger partial charge on any atom is -0.465 e. The Labute approximate surface area is 209 Å². The number of aromatic nitrogens is 5. The van der Waals surface area contributed by atoms with Crippen LogP contribution >= 0.6 is 0 Å². The van der Waals surface area contributed by atoms with Crippen molar-refractivity contribution in [3.63, 3.8) is 0 Å². The fourth-order valence-electron chi connectivity index (χ4n) is 3.57. The van der Waals surface area contributed by atoms with Crippen LogP contribution in [-0.2, 0) is 11.3 Å². The Bertz CT molecular complexity index is 1650. The summed E-state index contributed by atoms with van der Waals surface area (Å²) in [6.07, 6.45) is 2.40. The quantitative estimate of drug-likeness (QED) is 0.260. The average molecular weight is 497 g/mol. The largest absolute Gasteiger partial charge is 0.465 e.